The maximum absolute atomic E-state index is 12.6. The second-order valence-electron chi connectivity index (χ2n) is 4.97. The molecular weight excluding hydrogens is 339 g/mol. The van der Waals surface area contributed by atoms with Crippen molar-refractivity contribution in [3.05, 3.63) is 54.1 Å². The average Bonchev–Trinajstić information content (AvgIpc) is 2.95. The van der Waals surface area contributed by atoms with Crippen molar-refractivity contribution in [2.45, 2.75) is 11.3 Å². The minimum atomic E-state index is -4.44. The minimum absolute atomic E-state index is 0.0378. The van der Waals surface area contributed by atoms with Crippen molar-refractivity contribution in [1.29, 1.82) is 0 Å². The molecule has 2 N–H and O–H groups in total. The first-order valence-corrected chi connectivity index (χ1v) is 7.95. The zero-order chi connectivity index (χ0) is 17.2. The number of benzene rings is 2. The number of rotatable bonds is 4. The summed E-state index contributed by atoms with van der Waals surface area (Å²) in [6.45, 7) is 0. The molecule has 3 aromatic rings. The zero-order valence-electron chi connectivity index (χ0n) is 12.2. The molecule has 0 saturated heterocycles. The summed E-state index contributed by atoms with van der Waals surface area (Å²) < 4.78 is 37.9. The van der Waals surface area contributed by atoms with E-state index in [1.54, 1.807) is 0 Å². The monoisotopic (exact) mass is 351 g/mol. The predicted octanol–water partition coefficient (Wildman–Crippen LogP) is 4.31. The van der Waals surface area contributed by atoms with E-state index in [-0.39, 0.29) is 11.4 Å². The number of halogens is 3. The van der Waals surface area contributed by atoms with Crippen LogP contribution in [0, 0.1) is 0 Å². The van der Waals surface area contributed by atoms with Crippen LogP contribution >= 0.6 is 11.8 Å². The summed E-state index contributed by atoms with van der Waals surface area (Å²) in [5.41, 5.74) is 0.960. The number of H-pyrrole nitrogens is 1. The highest BCUT2D eigenvalue weighted by atomic mass is 32.2. The van der Waals surface area contributed by atoms with E-state index in [1.165, 1.54) is 23.9 Å². The molecule has 2 aromatic carbocycles. The van der Waals surface area contributed by atoms with Crippen LogP contribution in [0.25, 0.3) is 11.0 Å². The Labute approximate surface area is 139 Å². The van der Waals surface area contributed by atoms with Crippen LogP contribution in [0.15, 0.2) is 53.7 Å². The van der Waals surface area contributed by atoms with Crippen molar-refractivity contribution in [2.24, 2.45) is 0 Å². The van der Waals surface area contributed by atoms with Gasteiger partial charge >= 0.3 is 6.18 Å². The number of nitrogens with zero attached hydrogens (tertiary/aromatic N) is 1. The van der Waals surface area contributed by atoms with E-state index in [4.69, 9.17) is 0 Å². The van der Waals surface area contributed by atoms with E-state index in [9.17, 15) is 18.0 Å². The highest BCUT2D eigenvalue weighted by molar-refractivity contribution is 7.99. The molecule has 0 spiro atoms. The molecule has 0 unspecified atom stereocenters. The van der Waals surface area contributed by atoms with Gasteiger partial charge in [-0.3, -0.25) is 4.79 Å². The summed E-state index contributed by atoms with van der Waals surface area (Å²) >= 11 is 1.18. The Bertz CT molecular complexity index is 843. The quantitative estimate of drug-likeness (QED) is 0.689. The number of aromatic amines is 1. The Morgan fingerprint density at radius 3 is 2.71 bits per heavy atom. The number of fused-ring (bicyclic) bond motifs is 1. The third-order valence-electron chi connectivity index (χ3n) is 3.18. The number of anilines is 1. The number of amides is 1. The van der Waals surface area contributed by atoms with Gasteiger partial charge in [0, 0.05) is 5.69 Å². The number of carbonyl (C=O) groups excluding carboxylic acids is 1. The van der Waals surface area contributed by atoms with E-state index in [0.29, 0.717) is 5.16 Å². The molecule has 1 amide bonds. The maximum Gasteiger partial charge on any atom is 0.416 e. The fraction of sp³-hybridized carbons (Fsp3) is 0.125. The largest absolute Gasteiger partial charge is 0.416 e. The molecule has 24 heavy (non-hydrogen) atoms. The molecule has 0 radical (unpaired) electrons. The fourth-order valence-electron chi connectivity index (χ4n) is 2.10. The molecule has 0 aliphatic carbocycles. The van der Waals surface area contributed by atoms with Crippen molar-refractivity contribution < 1.29 is 18.0 Å². The molecule has 3 rings (SSSR count). The molecule has 8 heteroatoms. The summed E-state index contributed by atoms with van der Waals surface area (Å²) in [7, 11) is 0. The molecule has 0 aliphatic heterocycles. The van der Waals surface area contributed by atoms with Crippen molar-refractivity contribution in [1.82, 2.24) is 9.97 Å². The Kier molecular flexibility index (Phi) is 4.48. The van der Waals surface area contributed by atoms with Gasteiger partial charge in [-0.25, -0.2) is 4.98 Å². The lowest BCUT2D eigenvalue weighted by atomic mass is 10.2. The normalized spacial score (nSPS) is 11.6. The van der Waals surface area contributed by atoms with Crippen LogP contribution in [0.5, 0.6) is 0 Å². The van der Waals surface area contributed by atoms with Gasteiger partial charge in [0.25, 0.3) is 0 Å². The summed E-state index contributed by atoms with van der Waals surface area (Å²) in [6.07, 6.45) is -4.44. The highest BCUT2D eigenvalue weighted by Crippen LogP contribution is 2.30. The number of alkyl halides is 3. The molecule has 0 bridgehead atoms. The predicted molar refractivity (Wildman–Crippen MR) is 86.9 cm³/mol. The number of hydrogen-bond donors (Lipinski definition) is 2. The van der Waals surface area contributed by atoms with Gasteiger partial charge in [-0.1, -0.05) is 30.0 Å². The Morgan fingerprint density at radius 1 is 1.17 bits per heavy atom. The molecule has 1 heterocycles. The number of aromatic nitrogens is 2. The Hall–Kier alpha value is -2.48. The summed E-state index contributed by atoms with van der Waals surface area (Å²) in [5, 5.41) is 3.04. The molecule has 0 atom stereocenters. The molecule has 0 aliphatic rings. The standard InChI is InChI=1S/C16H12F3N3OS/c17-16(18,19)10-4-3-5-11(8-10)20-14(23)9-24-15-21-12-6-1-2-7-13(12)22-15/h1-8H,9H2,(H,20,23)(H,21,22). The first kappa shape index (κ1) is 16.4. The van der Waals surface area contributed by atoms with Gasteiger partial charge in [0.05, 0.1) is 22.3 Å². The van der Waals surface area contributed by atoms with Crippen molar-refractivity contribution in [2.75, 3.05) is 11.1 Å². The summed E-state index contributed by atoms with van der Waals surface area (Å²) in [5.74, 6) is -0.365. The number of para-hydroxylation sites is 2. The van der Waals surface area contributed by atoms with Gasteiger partial charge in [0.1, 0.15) is 0 Å². The topological polar surface area (TPSA) is 57.8 Å². The van der Waals surface area contributed by atoms with Gasteiger partial charge in [0.15, 0.2) is 5.16 Å². The number of thioether (sulfide) groups is 1. The van der Waals surface area contributed by atoms with Crippen molar-refractivity contribution >= 4 is 34.4 Å². The average molecular weight is 351 g/mol. The van der Waals surface area contributed by atoms with E-state index < -0.39 is 17.6 Å². The molecular formula is C16H12F3N3OS. The Morgan fingerprint density at radius 2 is 1.96 bits per heavy atom. The maximum atomic E-state index is 12.6. The number of carbonyl (C=O) groups is 1. The Balaban J connectivity index is 1.61. The summed E-state index contributed by atoms with van der Waals surface area (Å²) in [4.78, 5) is 19.3. The van der Waals surface area contributed by atoms with E-state index >= 15 is 0 Å². The van der Waals surface area contributed by atoms with Crippen LogP contribution in [0.4, 0.5) is 18.9 Å². The molecule has 1 aromatic heterocycles. The van der Waals surface area contributed by atoms with Crippen LogP contribution in [-0.2, 0) is 11.0 Å². The molecule has 124 valence electrons. The van der Waals surface area contributed by atoms with E-state index in [2.05, 4.69) is 15.3 Å². The third kappa shape index (κ3) is 3.88. The van der Waals surface area contributed by atoms with Gasteiger partial charge in [-0.2, -0.15) is 13.2 Å². The minimum Gasteiger partial charge on any atom is -0.333 e. The number of imidazole rings is 1. The lowest BCUT2D eigenvalue weighted by Crippen LogP contribution is -2.15. The van der Waals surface area contributed by atoms with E-state index in [0.717, 1.165) is 23.2 Å². The van der Waals surface area contributed by atoms with Crippen molar-refractivity contribution in [3.63, 3.8) is 0 Å². The zero-order valence-corrected chi connectivity index (χ0v) is 13.0. The lowest BCUT2D eigenvalue weighted by molar-refractivity contribution is -0.137. The second kappa shape index (κ2) is 6.56. The first-order chi connectivity index (χ1) is 11.4. The van der Waals surface area contributed by atoms with Crippen LogP contribution in [-0.4, -0.2) is 21.6 Å². The molecule has 0 saturated carbocycles. The van der Waals surface area contributed by atoms with Crippen LogP contribution in [0.2, 0.25) is 0 Å². The van der Waals surface area contributed by atoms with Crippen LogP contribution < -0.4 is 5.32 Å². The summed E-state index contributed by atoms with van der Waals surface area (Å²) in [6, 6.07) is 12.0. The van der Waals surface area contributed by atoms with Crippen LogP contribution in [0.3, 0.4) is 0 Å². The van der Waals surface area contributed by atoms with E-state index in [1.807, 2.05) is 24.3 Å². The van der Waals surface area contributed by atoms with Gasteiger partial charge in [-0.05, 0) is 30.3 Å². The molecule has 4 nitrogen and oxygen atoms in total. The number of nitrogens with one attached hydrogen (secondary N) is 2. The fourth-order valence-corrected chi connectivity index (χ4v) is 2.79. The number of hydrogen-bond acceptors (Lipinski definition) is 3. The second-order valence-corrected chi connectivity index (χ2v) is 5.94. The van der Waals surface area contributed by atoms with Gasteiger partial charge in [-0.15, -0.1) is 0 Å². The molecule has 0 fully saturated rings. The van der Waals surface area contributed by atoms with Gasteiger partial charge in [0.2, 0.25) is 5.91 Å². The smallest absolute Gasteiger partial charge is 0.333 e. The lowest BCUT2D eigenvalue weighted by Gasteiger charge is -2.09. The van der Waals surface area contributed by atoms with Gasteiger partial charge < -0.3 is 10.3 Å². The third-order valence-corrected chi connectivity index (χ3v) is 4.05. The SMILES string of the molecule is O=C(CSc1nc2ccccc2[nH]1)Nc1cccc(C(F)(F)F)c1. The van der Waals surface area contributed by atoms with Crippen molar-refractivity contribution in [3.8, 4) is 0 Å². The first-order valence-electron chi connectivity index (χ1n) is 6.96. The van der Waals surface area contributed by atoms with Crippen LogP contribution in [0.1, 0.15) is 5.56 Å². The highest BCUT2D eigenvalue weighted by Gasteiger charge is 2.30.